The van der Waals surface area contributed by atoms with Crippen molar-refractivity contribution < 1.29 is 20.1 Å². The topological polar surface area (TPSA) is 89.8 Å². The van der Waals surface area contributed by atoms with Crippen LogP contribution in [0, 0.1) is 6.92 Å². The van der Waals surface area contributed by atoms with Crippen LogP contribution in [-0.4, -0.2) is 39.5 Å². The normalized spacial score (nSPS) is 17.5. The average molecular weight is 267 g/mol. The molecule has 0 spiro atoms. The molecule has 0 bridgehead atoms. The zero-order valence-corrected chi connectivity index (χ0v) is 11.4. The molecule has 0 fully saturated rings. The van der Waals surface area contributed by atoms with Gasteiger partial charge in [-0.2, -0.15) is 0 Å². The van der Waals surface area contributed by atoms with Crippen LogP contribution in [0.2, 0.25) is 0 Å². The quantitative estimate of drug-likeness (QED) is 0.613. The Balaban J connectivity index is 2.73. The summed E-state index contributed by atoms with van der Waals surface area (Å²) in [7, 11) is 0. The van der Waals surface area contributed by atoms with E-state index in [0.29, 0.717) is 5.56 Å². The molecule has 0 radical (unpaired) electrons. The Morgan fingerprint density at radius 1 is 1.16 bits per heavy atom. The van der Waals surface area contributed by atoms with E-state index in [9.17, 15) is 15.0 Å². The van der Waals surface area contributed by atoms with E-state index in [2.05, 4.69) is 5.32 Å². The van der Waals surface area contributed by atoms with Crippen LogP contribution in [0.25, 0.3) is 0 Å². The number of carboxylic acid groups (broad SMARTS) is 1. The predicted octanol–water partition coefficient (Wildman–Crippen LogP) is 0.841. The van der Waals surface area contributed by atoms with Crippen molar-refractivity contribution in [2.75, 3.05) is 0 Å². The molecular formula is C14H21NO4. The van der Waals surface area contributed by atoms with Gasteiger partial charge >= 0.3 is 5.97 Å². The van der Waals surface area contributed by atoms with Crippen molar-refractivity contribution in [2.45, 2.75) is 45.1 Å². The molecule has 4 N–H and O–H groups in total. The van der Waals surface area contributed by atoms with E-state index in [4.69, 9.17) is 5.11 Å². The maximum absolute atomic E-state index is 11.0. The van der Waals surface area contributed by atoms with Crippen LogP contribution in [0.1, 0.15) is 31.1 Å². The third-order valence-electron chi connectivity index (χ3n) is 3.08. The number of benzene rings is 1. The predicted molar refractivity (Wildman–Crippen MR) is 71.8 cm³/mol. The summed E-state index contributed by atoms with van der Waals surface area (Å²) in [5.41, 5.74) is 1.80. The van der Waals surface area contributed by atoms with Gasteiger partial charge in [-0.15, -0.1) is 0 Å². The Morgan fingerprint density at radius 2 is 1.68 bits per heavy atom. The lowest BCUT2D eigenvalue weighted by atomic mass is 10.0. The first-order valence-corrected chi connectivity index (χ1v) is 6.24. The Hall–Kier alpha value is -1.43. The van der Waals surface area contributed by atoms with Gasteiger partial charge in [0.1, 0.15) is 6.04 Å². The number of aryl methyl sites for hydroxylation is 1. The van der Waals surface area contributed by atoms with E-state index in [1.165, 1.54) is 6.92 Å². The highest BCUT2D eigenvalue weighted by atomic mass is 16.4. The molecule has 0 aliphatic carbocycles. The molecule has 5 nitrogen and oxygen atoms in total. The molecule has 4 atom stereocenters. The van der Waals surface area contributed by atoms with Gasteiger partial charge in [0.15, 0.2) is 0 Å². The number of aliphatic carboxylic acids is 1. The van der Waals surface area contributed by atoms with Crippen molar-refractivity contribution >= 4 is 5.97 Å². The molecule has 0 heterocycles. The second-order valence-corrected chi connectivity index (χ2v) is 4.87. The van der Waals surface area contributed by atoms with Gasteiger partial charge in [0.05, 0.1) is 12.2 Å². The molecule has 0 amide bonds. The standard InChI is InChI=1S/C14H21NO4/c1-8-4-6-11(7-5-8)13(17)9(2)15-12(10(3)16)14(18)19/h4-7,9-10,12-13,15-17H,1-3H3,(H,18,19). The van der Waals surface area contributed by atoms with Crippen LogP contribution in [0.3, 0.4) is 0 Å². The molecule has 0 saturated carbocycles. The Morgan fingerprint density at radius 3 is 2.11 bits per heavy atom. The van der Waals surface area contributed by atoms with Gasteiger partial charge in [0, 0.05) is 6.04 Å². The van der Waals surface area contributed by atoms with Crippen molar-refractivity contribution in [3.8, 4) is 0 Å². The summed E-state index contributed by atoms with van der Waals surface area (Å²) in [5.74, 6) is -1.14. The largest absolute Gasteiger partial charge is 0.480 e. The van der Waals surface area contributed by atoms with Gasteiger partial charge in [0.2, 0.25) is 0 Å². The lowest BCUT2D eigenvalue weighted by Gasteiger charge is -2.26. The van der Waals surface area contributed by atoms with E-state index in [1.54, 1.807) is 19.1 Å². The Labute approximate surface area is 112 Å². The number of aliphatic hydroxyl groups excluding tert-OH is 2. The molecule has 1 rings (SSSR count). The molecule has 1 aromatic carbocycles. The second kappa shape index (κ2) is 6.65. The molecular weight excluding hydrogens is 246 g/mol. The minimum absolute atomic E-state index is 0.488. The first kappa shape index (κ1) is 15.6. The molecule has 19 heavy (non-hydrogen) atoms. The second-order valence-electron chi connectivity index (χ2n) is 4.87. The van der Waals surface area contributed by atoms with Crippen molar-refractivity contribution in [1.29, 1.82) is 0 Å². The molecule has 1 aromatic rings. The summed E-state index contributed by atoms with van der Waals surface area (Å²) in [6.07, 6.45) is -1.87. The number of carboxylic acids is 1. The minimum Gasteiger partial charge on any atom is -0.480 e. The highest BCUT2D eigenvalue weighted by molar-refractivity contribution is 5.74. The first-order chi connectivity index (χ1) is 8.82. The fourth-order valence-electron chi connectivity index (χ4n) is 1.84. The maximum atomic E-state index is 11.0. The van der Waals surface area contributed by atoms with Crippen LogP contribution >= 0.6 is 0 Å². The van der Waals surface area contributed by atoms with Crippen molar-refractivity contribution in [2.24, 2.45) is 0 Å². The van der Waals surface area contributed by atoms with Gasteiger partial charge in [-0.25, -0.2) is 0 Å². The maximum Gasteiger partial charge on any atom is 0.323 e. The summed E-state index contributed by atoms with van der Waals surface area (Å²) in [5, 5.41) is 31.3. The molecule has 0 aromatic heterocycles. The van der Waals surface area contributed by atoms with Crippen LogP contribution < -0.4 is 5.32 Å². The molecule has 0 aliphatic heterocycles. The van der Waals surface area contributed by atoms with Crippen molar-refractivity contribution in [1.82, 2.24) is 5.32 Å². The van der Waals surface area contributed by atoms with E-state index >= 15 is 0 Å². The molecule has 4 unspecified atom stereocenters. The van der Waals surface area contributed by atoms with Gasteiger partial charge < -0.3 is 15.3 Å². The Bertz CT molecular complexity index is 416. The van der Waals surface area contributed by atoms with Crippen molar-refractivity contribution in [3.05, 3.63) is 35.4 Å². The van der Waals surface area contributed by atoms with E-state index in [0.717, 1.165) is 5.56 Å². The summed E-state index contributed by atoms with van der Waals surface area (Å²) in [4.78, 5) is 11.0. The monoisotopic (exact) mass is 267 g/mol. The lowest BCUT2D eigenvalue weighted by Crippen LogP contribution is -2.50. The van der Waals surface area contributed by atoms with Crippen molar-refractivity contribution in [3.63, 3.8) is 0 Å². The van der Waals surface area contributed by atoms with E-state index < -0.39 is 30.3 Å². The van der Waals surface area contributed by atoms with Gasteiger partial charge in [0.25, 0.3) is 0 Å². The number of hydrogen-bond donors (Lipinski definition) is 4. The van der Waals surface area contributed by atoms with Gasteiger partial charge in [-0.1, -0.05) is 29.8 Å². The fourth-order valence-corrected chi connectivity index (χ4v) is 1.84. The SMILES string of the molecule is Cc1ccc(C(O)C(C)NC(C(=O)O)C(C)O)cc1. The summed E-state index contributed by atoms with van der Waals surface area (Å²) < 4.78 is 0. The summed E-state index contributed by atoms with van der Waals surface area (Å²) in [6, 6.07) is 5.78. The average Bonchev–Trinajstić information content (AvgIpc) is 2.34. The van der Waals surface area contributed by atoms with E-state index in [-0.39, 0.29) is 0 Å². The third kappa shape index (κ3) is 4.31. The number of rotatable bonds is 6. The van der Waals surface area contributed by atoms with Crippen LogP contribution in [0.5, 0.6) is 0 Å². The molecule has 0 aliphatic rings. The Kier molecular flexibility index (Phi) is 5.47. The highest BCUT2D eigenvalue weighted by Crippen LogP contribution is 2.18. The molecule has 106 valence electrons. The number of aliphatic hydroxyl groups is 2. The van der Waals surface area contributed by atoms with Crippen LogP contribution in [0.4, 0.5) is 0 Å². The van der Waals surface area contributed by atoms with Gasteiger partial charge in [-0.3, -0.25) is 10.1 Å². The first-order valence-electron chi connectivity index (χ1n) is 6.24. The van der Waals surface area contributed by atoms with Crippen LogP contribution in [-0.2, 0) is 4.79 Å². The van der Waals surface area contributed by atoms with Crippen LogP contribution in [0.15, 0.2) is 24.3 Å². The fraction of sp³-hybridized carbons (Fsp3) is 0.500. The van der Waals surface area contributed by atoms with E-state index in [1.807, 2.05) is 19.1 Å². The number of carbonyl (C=O) groups is 1. The number of nitrogens with one attached hydrogen (secondary N) is 1. The lowest BCUT2D eigenvalue weighted by molar-refractivity contribution is -0.142. The zero-order valence-electron chi connectivity index (χ0n) is 11.4. The van der Waals surface area contributed by atoms with Gasteiger partial charge in [-0.05, 0) is 26.3 Å². The number of hydrogen-bond acceptors (Lipinski definition) is 4. The minimum atomic E-state index is -1.14. The highest BCUT2D eigenvalue weighted by Gasteiger charge is 2.27. The zero-order chi connectivity index (χ0) is 14.6. The smallest absolute Gasteiger partial charge is 0.323 e. The summed E-state index contributed by atoms with van der Waals surface area (Å²) in [6.45, 7) is 5.03. The summed E-state index contributed by atoms with van der Waals surface area (Å²) >= 11 is 0. The molecule has 5 heteroatoms. The molecule has 0 saturated heterocycles. The third-order valence-corrected chi connectivity index (χ3v) is 3.08.